The lowest BCUT2D eigenvalue weighted by Gasteiger charge is -2.11. The molecule has 0 saturated carbocycles. The van der Waals surface area contributed by atoms with Crippen molar-refractivity contribution in [1.82, 2.24) is 0 Å². The second kappa shape index (κ2) is 7.11. The van der Waals surface area contributed by atoms with Gasteiger partial charge in [0, 0.05) is 26.9 Å². The van der Waals surface area contributed by atoms with Gasteiger partial charge in [0.1, 0.15) is 5.75 Å². The lowest BCUT2D eigenvalue weighted by atomic mass is 10.2. The van der Waals surface area contributed by atoms with Crippen LogP contribution in [0.1, 0.15) is 12.5 Å². The second-order valence-corrected chi connectivity index (χ2v) is 6.02. The normalized spacial score (nSPS) is 10.6. The predicted octanol–water partition coefficient (Wildman–Crippen LogP) is 5.27. The first-order valence-corrected chi connectivity index (χ1v) is 7.93. The molecule has 0 radical (unpaired) electrons. The lowest BCUT2D eigenvalue weighted by molar-refractivity contribution is 0.337. The van der Waals surface area contributed by atoms with Crippen LogP contribution in [0.3, 0.4) is 0 Å². The fraction of sp³-hybridized carbons (Fsp3) is 0.200. The zero-order valence-corrected chi connectivity index (χ0v) is 13.4. The molecule has 0 saturated heterocycles. The van der Waals surface area contributed by atoms with Crippen molar-refractivity contribution in [2.24, 2.45) is 0 Å². The highest BCUT2D eigenvalue weighted by Gasteiger charge is 2.07. The summed E-state index contributed by atoms with van der Waals surface area (Å²) in [6.45, 7) is 2.58. The fourth-order valence-electron chi connectivity index (χ4n) is 1.75. The van der Waals surface area contributed by atoms with Crippen LogP contribution >= 0.6 is 35.0 Å². The number of nitrogen functional groups attached to an aromatic ring is 1. The third-order valence-electron chi connectivity index (χ3n) is 2.66. The van der Waals surface area contributed by atoms with E-state index in [4.69, 9.17) is 33.7 Å². The summed E-state index contributed by atoms with van der Waals surface area (Å²) in [5.74, 6) is 1.58. The molecule has 2 rings (SSSR count). The molecule has 0 aliphatic rings. The molecule has 0 spiro atoms. The maximum absolute atomic E-state index is 6.16. The Morgan fingerprint density at radius 3 is 2.70 bits per heavy atom. The Kier molecular flexibility index (Phi) is 5.46. The Bertz CT molecular complexity index is 604. The van der Waals surface area contributed by atoms with Gasteiger partial charge in [-0.2, -0.15) is 0 Å². The van der Waals surface area contributed by atoms with Crippen LogP contribution in [0.5, 0.6) is 5.75 Å². The molecule has 0 unspecified atom stereocenters. The van der Waals surface area contributed by atoms with Gasteiger partial charge in [0.2, 0.25) is 0 Å². The molecular weight excluding hydrogens is 313 g/mol. The topological polar surface area (TPSA) is 35.2 Å². The molecule has 0 heterocycles. The van der Waals surface area contributed by atoms with E-state index >= 15 is 0 Å². The van der Waals surface area contributed by atoms with Gasteiger partial charge < -0.3 is 10.5 Å². The van der Waals surface area contributed by atoms with Gasteiger partial charge in [-0.25, -0.2) is 0 Å². The lowest BCUT2D eigenvalue weighted by Crippen LogP contribution is -1.97. The zero-order valence-electron chi connectivity index (χ0n) is 11.0. The number of ether oxygens (including phenoxy) is 1. The third kappa shape index (κ3) is 3.98. The largest absolute Gasteiger partial charge is 0.494 e. The van der Waals surface area contributed by atoms with Crippen LogP contribution in [0.2, 0.25) is 10.0 Å². The SMILES string of the molecule is CCOc1ccc(N)cc1CSc1cc(Cl)ccc1Cl. The maximum Gasteiger partial charge on any atom is 0.123 e. The summed E-state index contributed by atoms with van der Waals surface area (Å²) in [5.41, 5.74) is 7.61. The average molecular weight is 328 g/mol. The van der Waals surface area contributed by atoms with Crippen molar-refractivity contribution in [3.8, 4) is 5.75 Å². The van der Waals surface area contributed by atoms with Gasteiger partial charge in [0.05, 0.1) is 11.6 Å². The van der Waals surface area contributed by atoms with E-state index in [2.05, 4.69) is 0 Å². The number of hydrogen-bond donors (Lipinski definition) is 1. The molecule has 0 amide bonds. The molecule has 2 nitrogen and oxygen atoms in total. The van der Waals surface area contributed by atoms with Crippen LogP contribution in [-0.2, 0) is 5.75 Å². The van der Waals surface area contributed by atoms with Crippen LogP contribution < -0.4 is 10.5 Å². The molecule has 106 valence electrons. The van der Waals surface area contributed by atoms with Gasteiger partial charge >= 0.3 is 0 Å². The van der Waals surface area contributed by atoms with Gasteiger partial charge in [0.25, 0.3) is 0 Å². The number of rotatable bonds is 5. The minimum absolute atomic E-state index is 0.625. The highest BCUT2D eigenvalue weighted by atomic mass is 35.5. The van der Waals surface area contributed by atoms with Crippen molar-refractivity contribution in [1.29, 1.82) is 0 Å². The maximum atomic E-state index is 6.16. The monoisotopic (exact) mass is 327 g/mol. The summed E-state index contributed by atoms with van der Waals surface area (Å²) >= 11 is 13.8. The molecule has 0 atom stereocenters. The molecule has 0 bridgehead atoms. The smallest absolute Gasteiger partial charge is 0.123 e. The molecule has 2 aromatic rings. The quantitative estimate of drug-likeness (QED) is 0.600. The van der Waals surface area contributed by atoms with Crippen LogP contribution in [0.25, 0.3) is 0 Å². The van der Waals surface area contributed by atoms with Crippen molar-refractivity contribution in [3.63, 3.8) is 0 Å². The molecule has 0 aliphatic carbocycles. The first kappa shape index (κ1) is 15.4. The number of hydrogen-bond acceptors (Lipinski definition) is 3. The summed E-state index contributed by atoms with van der Waals surface area (Å²) in [4.78, 5) is 0.948. The van der Waals surface area contributed by atoms with Crippen LogP contribution in [0.4, 0.5) is 5.69 Å². The first-order valence-electron chi connectivity index (χ1n) is 6.19. The van der Waals surface area contributed by atoms with Gasteiger partial charge in [0.15, 0.2) is 0 Å². The van der Waals surface area contributed by atoms with E-state index in [0.717, 1.165) is 27.6 Å². The number of nitrogens with two attached hydrogens (primary N) is 1. The van der Waals surface area contributed by atoms with E-state index in [1.54, 1.807) is 23.9 Å². The summed E-state index contributed by atoms with van der Waals surface area (Å²) in [6, 6.07) is 11.1. The highest BCUT2D eigenvalue weighted by molar-refractivity contribution is 7.98. The zero-order chi connectivity index (χ0) is 14.5. The van der Waals surface area contributed by atoms with Crippen molar-refractivity contribution >= 4 is 40.7 Å². The van der Waals surface area contributed by atoms with E-state index in [-0.39, 0.29) is 0 Å². The number of halogens is 2. The molecule has 2 aromatic carbocycles. The number of thioether (sulfide) groups is 1. The standard InChI is InChI=1S/C15H15Cl2NOS/c1-2-19-14-6-4-12(18)7-10(14)9-20-15-8-11(16)3-5-13(15)17/h3-8H,2,9,18H2,1H3. The van der Waals surface area contributed by atoms with Crippen molar-refractivity contribution in [2.45, 2.75) is 17.6 Å². The predicted molar refractivity (Wildman–Crippen MR) is 88.0 cm³/mol. The highest BCUT2D eigenvalue weighted by Crippen LogP contribution is 2.34. The molecule has 20 heavy (non-hydrogen) atoms. The van der Waals surface area contributed by atoms with E-state index in [9.17, 15) is 0 Å². The Labute approximate surface area is 133 Å². The Hall–Kier alpha value is -1.03. The molecular formula is C15H15Cl2NOS. The summed E-state index contributed by atoms with van der Waals surface area (Å²) < 4.78 is 5.61. The molecule has 2 N–H and O–H groups in total. The van der Waals surface area contributed by atoms with Crippen molar-refractivity contribution < 1.29 is 4.74 Å². The fourth-order valence-corrected chi connectivity index (χ4v) is 3.22. The third-order valence-corrected chi connectivity index (χ3v) is 4.44. The van der Waals surface area contributed by atoms with Crippen LogP contribution in [-0.4, -0.2) is 6.61 Å². The van der Waals surface area contributed by atoms with Gasteiger partial charge in [-0.15, -0.1) is 11.8 Å². The van der Waals surface area contributed by atoms with Gasteiger partial charge in [-0.3, -0.25) is 0 Å². The Morgan fingerprint density at radius 1 is 1.15 bits per heavy atom. The second-order valence-electron chi connectivity index (χ2n) is 4.16. The van der Waals surface area contributed by atoms with Crippen LogP contribution in [0.15, 0.2) is 41.3 Å². The molecule has 0 aromatic heterocycles. The Balaban J connectivity index is 2.17. The van der Waals surface area contributed by atoms with Crippen molar-refractivity contribution in [3.05, 3.63) is 52.0 Å². The summed E-state index contributed by atoms with van der Waals surface area (Å²) in [7, 11) is 0. The van der Waals surface area contributed by atoms with E-state index < -0.39 is 0 Å². The first-order chi connectivity index (χ1) is 9.60. The molecule has 0 fully saturated rings. The van der Waals surface area contributed by atoms with Gasteiger partial charge in [-0.1, -0.05) is 23.2 Å². The van der Waals surface area contributed by atoms with Crippen LogP contribution in [0, 0.1) is 0 Å². The number of anilines is 1. The summed E-state index contributed by atoms with van der Waals surface area (Å²) in [6.07, 6.45) is 0. The minimum atomic E-state index is 0.625. The van der Waals surface area contributed by atoms with Crippen molar-refractivity contribution in [2.75, 3.05) is 12.3 Å². The van der Waals surface area contributed by atoms with Gasteiger partial charge in [-0.05, 0) is 43.3 Å². The molecule has 5 heteroatoms. The minimum Gasteiger partial charge on any atom is -0.494 e. The summed E-state index contributed by atoms with van der Waals surface area (Å²) in [5, 5.41) is 1.37. The Morgan fingerprint density at radius 2 is 1.95 bits per heavy atom. The van der Waals surface area contributed by atoms with E-state index in [1.807, 2.05) is 31.2 Å². The average Bonchev–Trinajstić information content (AvgIpc) is 2.42. The van der Waals surface area contributed by atoms with E-state index in [0.29, 0.717) is 16.7 Å². The van der Waals surface area contributed by atoms with E-state index in [1.165, 1.54) is 0 Å². The molecule has 0 aliphatic heterocycles. The number of benzene rings is 2.